The molecule has 0 aromatic heterocycles. The first-order chi connectivity index (χ1) is 12.7. The van der Waals surface area contributed by atoms with Crippen LogP contribution in [0.25, 0.3) is 0 Å². The summed E-state index contributed by atoms with van der Waals surface area (Å²) in [6.45, 7) is 0.540. The van der Waals surface area contributed by atoms with Gasteiger partial charge in [-0.3, -0.25) is 9.59 Å². The Morgan fingerprint density at radius 3 is 2.35 bits per heavy atom. The lowest BCUT2D eigenvalue weighted by molar-refractivity contribution is -0.129. The van der Waals surface area contributed by atoms with E-state index in [0.717, 1.165) is 12.8 Å². The summed E-state index contributed by atoms with van der Waals surface area (Å²) in [5.74, 6) is 0.593. The molecule has 2 aromatic carbocycles. The zero-order valence-corrected chi connectivity index (χ0v) is 14.6. The topological polar surface area (TPSA) is 58.6 Å². The summed E-state index contributed by atoms with van der Waals surface area (Å²) >= 11 is 0. The smallest absolute Gasteiger partial charge is 0.258 e. The standard InChI is InChI=1S/C21H22N2O3/c24-20(14-26-19-8-2-1-3-9-19)22-17-12-21(25)23(13-17)18-10-15-6-4-5-7-16(15)11-18/h1-9,17-18H,10-14H2,(H,22,24). The third-order valence-electron chi connectivity index (χ3n) is 5.11. The lowest BCUT2D eigenvalue weighted by Crippen LogP contribution is -2.42. The van der Waals surface area contributed by atoms with Gasteiger partial charge in [-0.25, -0.2) is 0 Å². The molecule has 0 spiro atoms. The maximum Gasteiger partial charge on any atom is 0.258 e. The molecule has 1 aliphatic carbocycles. The minimum Gasteiger partial charge on any atom is -0.484 e. The molecule has 0 radical (unpaired) electrons. The number of nitrogens with zero attached hydrogens (tertiary/aromatic N) is 1. The summed E-state index contributed by atoms with van der Waals surface area (Å²) in [7, 11) is 0. The highest BCUT2D eigenvalue weighted by molar-refractivity contribution is 5.83. The highest BCUT2D eigenvalue weighted by atomic mass is 16.5. The number of rotatable bonds is 5. The number of benzene rings is 2. The molecular weight excluding hydrogens is 328 g/mol. The first-order valence-corrected chi connectivity index (χ1v) is 9.02. The van der Waals surface area contributed by atoms with Gasteiger partial charge in [0, 0.05) is 19.0 Å². The van der Waals surface area contributed by atoms with Gasteiger partial charge in [0.05, 0.1) is 6.04 Å². The molecule has 0 saturated carbocycles. The second kappa shape index (κ2) is 7.20. The average Bonchev–Trinajstić information content (AvgIpc) is 3.23. The third kappa shape index (κ3) is 3.57. The van der Waals surface area contributed by atoms with E-state index < -0.39 is 0 Å². The van der Waals surface area contributed by atoms with Crippen molar-refractivity contribution in [1.82, 2.24) is 10.2 Å². The van der Waals surface area contributed by atoms with Crippen LogP contribution in [0.4, 0.5) is 0 Å². The Hall–Kier alpha value is -2.82. The Bertz CT molecular complexity index is 781. The molecule has 26 heavy (non-hydrogen) atoms. The van der Waals surface area contributed by atoms with E-state index in [1.54, 1.807) is 0 Å². The number of hydrogen-bond donors (Lipinski definition) is 1. The van der Waals surface area contributed by atoms with Crippen LogP contribution in [0.15, 0.2) is 54.6 Å². The normalized spacial score (nSPS) is 19.5. The molecule has 134 valence electrons. The van der Waals surface area contributed by atoms with E-state index in [-0.39, 0.29) is 30.5 Å². The van der Waals surface area contributed by atoms with Gasteiger partial charge in [0.1, 0.15) is 5.75 Å². The molecular formula is C21H22N2O3. The number of likely N-dealkylation sites (tertiary alicyclic amines) is 1. The fourth-order valence-electron chi connectivity index (χ4n) is 3.87. The minimum atomic E-state index is -0.191. The Balaban J connectivity index is 1.29. The van der Waals surface area contributed by atoms with E-state index in [4.69, 9.17) is 4.74 Å². The van der Waals surface area contributed by atoms with Crippen molar-refractivity contribution in [2.45, 2.75) is 31.3 Å². The summed E-state index contributed by atoms with van der Waals surface area (Å²) in [6, 6.07) is 17.7. The Morgan fingerprint density at radius 1 is 1.00 bits per heavy atom. The van der Waals surface area contributed by atoms with Crippen LogP contribution in [-0.4, -0.2) is 41.9 Å². The average molecular weight is 350 g/mol. The van der Waals surface area contributed by atoms with Crippen molar-refractivity contribution >= 4 is 11.8 Å². The van der Waals surface area contributed by atoms with Crippen LogP contribution in [0.5, 0.6) is 5.75 Å². The van der Waals surface area contributed by atoms with E-state index in [9.17, 15) is 9.59 Å². The lowest BCUT2D eigenvalue weighted by atomic mass is 10.1. The highest BCUT2D eigenvalue weighted by Gasteiger charge is 2.37. The van der Waals surface area contributed by atoms with Crippen LogP contribution in [0.3, 0.4) is 0 Å². The Kier molecular flexibility index (Phi) is 4.61. The summed E-state index contributed by atoms with van der Waals surface area (Å²) in [5, 5.41) is 2.93. The summed E-state index contributed by atoms with van der Waals surface area (Å²) in [6.07, 6.45) is 2.17. The SMILES string of the molecule is O=C(COc1ccccc1)NC1CC(=O)N(C2Cc3ccccc3C2)C1. The van der Waals surface area contributed by atoms with Crippen LogP contribution >= 0.6 is 0 Å². The first-order valence-electron chi connectivity index (χ1n) is 9.02. The fourth-order valence-corrected chi connectivity index (χ4v) is 3.87. The molecule has 5 nitrogen and oxygen atoms in total. The van der Waals surface area contributed by atoms with Crippen LogP contribution in [0.1, 0.15) is 17.5 Å². The maximum absolute atomic E-state index is 12.4. The maximum atomic E-state index is 12.4. The second-order valence-corrected chi connectivity index (χ2v) is 6.95. The van der Waals surface area contributed by atoms with E-state index in [2.05, 4.69) is 17.4 Å². The van der Waals surface area contributed by atoms with E-state index in [1.165, 1.54) is 11.1 Å². The van der Waals surface area contributed by atoms with Crippen molar-refractivity contribution < 1.29 is 14.3 Å². The number of para-hydroxylation sites is 1. The molecule has 0 bridgehead atoms. The van der Waals surface area contributed by atoms with Crippen molar-refractivity contribution in [3.8, 4) is 5.75 Å². The van der Waals surface area contributed by atoms with E-state index in [1.807, 2.05) is 47.4 Å². The van der Waals surface area contributed by atoms with Gasteiger partial charge in [0.25, 0.3) is 5.91 Å². The summed E-state index contributed by atoms with van der Waals surface area (Å²) in [5.41, 5.74) is 2.66. The monoisotopic (exact) mass is 350 g/mol. The molecule has 1 saturated heterocycles. The predicted molar refractivity (Wildman–Crippen MR) is 97.8 cm³/mol. The summed E-state index contributed by atoms with van der Waals surface area (Å²) in [4.78, 5) is 26.5. The van der Waals surface area contributed by atoms with Gasteiger partial charge >= 0.3 is 0 Å². The molecule has 1 aliphatic heterocycles. The molecule has 2 aromatic rings. The number of fused-ring (bicyclic) bond motifs is 1. The lowest BCUT2D eigenvalue weighted by Gasteiger charge is -2.24. The molecule has 1 heterocycles. The number of hydrogen-bond acceptors (Lipinski definition) is 3. The molecule has 1 fully saturated rings. The van der Waals surface area contributed by atoms with Crippen molar-refractivity contribution in [2.75, 3.05) is 13.2 Å². The number of nitrogens with one attached hydrogen (secondary N) is 1. The van der Waals surface area contributed by atoms with Gasteiger partial charge in [-0.05, 0) is 36.1 Å². The van der Waals surface area contributed by atoms with Gasteiger partial charge in [-0.1, -0.05) is 42.5 Å². The second-order valence-electron chi connectivity index (χ2n) is 6.95. The van der Waals surface area contributed by atoms with Gasteiger partial charge in [0.15, 0.2) is 6.61 Å². The first kappa shape index (κ1) is 16.6. The largest absolute Gasteiger partial charge is 0.484 e. The van der Waals surface area contributed by atoms with Crippen molar-refractivity contribution in [1.29, 1.82) is 0 Å². The molecule has 1 unspecified atom stereocenters. The summed E-state index contributed by atoms with van der Waals surface area (Å²) < 4.78 is 5.46. The van der Waals surface area contributed by atoms with Crippen molar-refractivity contribution in [2.24, 2.45) is 0 Å². The minimum absolute atomic E-state index is 0.0381. The van der Waals surface area contributed by atoms with Gasteiger partial charge in [0.2, 0.25) is 5.91 Å². The number of carbonyl (C=O) groups excluding carboxylic acids is 2. The third-order valence-corrected chi connectivity index (χ3v) is 5.11. The predicted octanol–water partition coefficient (Wildman–Crippen LogP) is 1.95. The molecule has 2 amide bonds. The Labute approximate surface area is 153 Å². The molecule has 1 N–H and O–H groups in total. The van der Waals surface area contributed by atoms with Gasteiger partial charge in [-0.2, -0.15) is 0 Å². The quantitative estimate of drug-likeness (QED) is 0.897. The van der Waals surface area contributed by atoms with E-state index >= 15 is 0 Å². The molecule has 5 heteroatoms. The molecule has 2 aliphatic rings. The van der Waals surface area contributed by atoms with Crippen molar-refractivity contribution in [3.05, 3.63) is 65.7 Å². The highest BCUT2D eigenvalue weighted by Crippen LogP contribution is 2.28. The van der Waals surface area contributed by atoms with Crippen LogP contribution in [-0.2, 0) is 22.4 Å². The zero-order valence-electron chi connectivity index (χ0n) is 14.6. The molecule has 1 atom stereocenters. The number of carbonyl (C=O) groups is 2. The number of ether oxygens (including phenoxy) is 1. The van der Waals surface area contributed by atoms with Crippen LogP contribution in [0, 0.1) is 0 Å². The van der Waals surface area contributed by atoms with E-state index in [0.29, 0.717) is 18.7 Å². The van der Waals surface area contributed by atoms with Gasteiger partial charge in [-0.15, -0.1) is 0 Å². The zero-order chi connectivity index (χ0) is 17.9. The van der Waals surface area contributed by atoms with Crippen molar-refractivity contribution in [3.63, 3.8) is 0 Å². The number of amides is 2. The van der Waals surface area contributed by atoms with Crippen LogP contribution in [0.2, 0.25) is 0 Å². The van der Waals surface area contributed by atoms with Crippen LogP contribution < -0.4 is 10.1 Å². The van der Waals surface area contributed by atoms with Gasteiger partial charge < -0.3 is 15.0 Å². The Morgan fingerprint density at radius 2 is 1.65 bits per heavy atom. The fraction of sp³-hybridized carbons (Fsp3) is 0.333. The molecule has 4 rings (SSSR count).